The number of thiazole rings is 1. The Morgan fingerprint density at radius 1 is 1.20 bits per heavy atom. The van der Waals surface area contributed by atoms with Crippen LogP contribution in [-0.2, 0) is 13.0 Å². The number of benzene rings is 2. The van der Waals surface area contributed by atoms with E-state index in [2.05, 4.69) is 23.3 Å². The summed E-state index contributed by atoms with van der Waals surface area (Å²) < 4.78 is 0. The number of hydrogen-bond donors (Lipinski definition) is 1. The van der Waals surface area contributed by atoms with Crippen LogP contribution in [0.25, 0.3) is 11.3 Å². The van der Waals surface area contributed by atoms with E-state index in [-0.39, 0.29) is 12.1 Å². The van der Waals surface area contributed by atoms with Crippen LogP contribution in [0, 0.1) is 0 Å². The summed E-state index contributed by atoms with van der Waals surface area (Å²) in [6.45, 7) is 2.53. The molecule has 0 radical (unpaired) electrons. The fourth-order valence-electron chi connectivity index (χ4n) is 3.24. The minimum Gasteiger partial charge on any atom is -0.331 e. The molecule has 2 amide bonds. The van der Waals surface area contributed by atoms with Crippen molar-refractivity contribution in [2.45, 2.75) is 25.9 Å². The molecule has 126 valence electrons. The molecule has 0 fully saturated rings. The average Bonchev–Trinajstić information content (AvgIpc) is 3.24. The lowest BCUT2D eigenvalue weighted by Crippen LogP contribution is -2.42. The highest BCUT2D eigenvalue weighted by Gasteiger charge is 2.30. The van der Waals surface area contributed by atoms with Crippen molar-refractivity contribution in [2.24, 2.45) is 0 Å². The number of para-hydroxylation sites is 1. The molecule has 4 nitrogen and oxygen atoms in total. The monoisotopic (exact) mass is 349 g/mol. The Labute approximate surface area is 151 Å². The second-order valence-electron chi connectivity index (χ2n) is 6.20. The van der Waals surface area contributed by atoms with Crippen LogP contribution in [0.4, 0.5) is 10.5 Å². The molecule has 2 aromatic carbocycles. The van der Waals surface area contributed by atoms with Gasteiger partial charge in [-0.15, -0.1) is 11.3 Å². The second kappa shape index (κ2) is 6.69. The van der Waals surface area contributed by atoms with Crippen LogP contribution in [-0.4, -0.2) is 17.1 Å². The van der Waals surface area contributed by atoms with E-state index in [9.17, 15) is 4.79 Å². The zero-order valence-corrected chi connectivity index (χ0v) is 14.8. The van der Waals surface area contributed by atoms with Crippen molar-refractivity contribution in [3.63, 3.8) is 0 Å². The molecule has 3 aromatic rings. The lowest BCUT2D eigenvalue weighted by Gasteiger charge is -2.22. The van der Waals surface area contributed by atoms with E-state index < -0.39 is 0 Å². The highest BCUT2D eigenvalue weighted by molar-refractivity contribution is 7.09. The minimum absolute atomic E-state index is 0.0612. The summed E-state index contributed by atoms with van der Waals surface area (Å²) >= 11 is 1.57. The van der Waals surface area contributed by atoms with Crippen molar-refractivity contribution >= 4 is 23.1 Å². The normalized spacial score (nSPS) is 15.9. The SMILES string of the molecule is CC1Cc2ccccc2N1C(=O)NCc1nc(-c2ccccc2)cs1. The topological polar surface area (TPSA) is 45.2 Å². The number of fused-ring (bicyclic) bond motifs is 1. The Morgan fingerprint density at radius 3 is 2.80 bits per heavy atom. The van der Waals surface area contributed by atoms with E-state index in [4.69, 9.17) is 0 Å². The molecule has 0 saturated heterocycles. The maximum atomic E-state index is 12.7. The largest absolute Gasteiger partial charge is 0.331 e. The van der Waals surface area contributed by atoms with Crippen LogP contribution in [0.1, 0.15) is 17.5 Å². The number of anilines is 1. The first-order valence-electron chi connectivity index (χ1n) is 8.37. The quantitative estimate of drug-likeness (QED) is 0.758. The van der Waals surface area contributed by atoms with Gasteiger partial charge in [0.1, 0.15) is 5.01 Å². The van der Waals surface area contributed by atoms with Gasteiger partial charge in [0.05, 0.1) is 12.2 Å². The Bertz CT molecular complexity index is 891. The predicted octanol–water partition coefficient (Wildman–Crippen LogP) is 4.47. The molecule has 1 atom stereocenters. The van der Waals surface area contributed by atoms with E-state index in [1.807, 2.05) is 58.8 Å². The van der Waals surface area contributed by atoms with Crippen molar-refractivity contribution in [3.8, 4) is 11.3 Å². The fourth-order valence-corrected chi connectivity index (χ4v) is 3.99. The molecule has 1 aliphatic rings. The number of carbonyl (C=O) groups excluding carboxylic acids is 1. The molecule has 0 aliphatic carbocycles. The molecule has 0 spiro atoms. The van der Waals surface area contributed by atoms with E-state index >= 15 is 0 Å². The molecule has 5 heteroatoms. The van der Waals surface area contributed by atoms with Gasteiger partial charge in [0, 0.05) is 22.7 Å². The average molecular weight is 349 g/mol. The Kier molecular flexibility index (Phi) is 4.24. The third-order valence-corrected chi connectivity index (χ3v) is 5.29. The van der Waals surface area contributed by atoms with E-state index in [0.29, 0.717) is 6.54 Å². The van der Waals surface area contributed by atoms with Gasteiger partial charge in [-0.2, -0.15) is 0 Å². The van der Waals surface area contributed by atoms with Gasteiger partial charge in [-0.1, -0.05) is 48.5 Å². The molecular formula is C20H19N3OS. The lowest BCUT2D eigenvalue weighted by molar-refractivity contribution is 0.244. The zero-order chi connectivity index (χ0) is 17.2. The van der Waals surface area contributed by atoms with Gasteiger partial charge < -0.3 is 5.32 Å². The van der Waals surface area contributed by atoms with Crippen molar-refractivity contribution in [2.75, 3.05) is 4.90 Å². The molecule has 1 aromatic heterocycles. The molecule has 2 heterocycles. The molecular weight excluding hydrogens is 330 g/mol. The van der Waals surface area contributed by atoms with E-state index in [1.54, 1.807) is 11.3 Å². The van der Waals surface area contributed by atoms with Gasteiger partial charge in [-0.25, -0.2) is 9.78 Å². The number of nitrogens with zero attached hydrogens (tertiary/aromatic N) is 2. The molecule has 4 rings (SSSR count). The van der Waals surface area contributed by atoms with Crippen LogP contribution in [0.15, 0.2) is 60.0 Å². The summed E-state index contributed by atoms with van der Waals surface area (Å²) in [7, 11) is 0. The first-order chi connectivity index (χ1) is 12.2. The van der Waals surface area contributed by atoms with Crippen molar-refractivity contribution < 1.29 is 4.79 Å². The van der Waals surface area contributed by atoms with E-state index in [1.165, 1.54) is 5.56 Å². The van der Waals surface area contributed by atoms with Gasteiger partial charge in [0.25, 0.3) is 0 Å². The fraction of sp³-hybridized carbons (Fsp3) is 0.200. The first kappa shape index (κ1) is 15.8. The lowest BCUT2D eigenvalue weighted by atomic mass is 10.1. The summed E-state index contributed by atoms with van der Waals surface area (Å²) in [5.74, 6) is 0. The summed E-state index contributed by atoms with van der Waals surface area (Å²) in [6.07, 6.45) is 0.902. The highest BCUT2D eigenvalue weighted by Crippen LogP contribution is 2.31. The van der Waals surface area contributed by atoms with Crippen LogP contribution < -0.4 is 10.2 Å². The van der Waals surface area contributed by atoms with Gasteiger partial charge in [0.2, 0.25) is 0 Å². The third kappa shape index (κ3) is 3.15. The molecule has 0 saturated carbocycles. The molecule has 0 bridgehead atoms. The van der Waals surface area contributed by atoms with Gasteiger partial charge in [0.15, 0.2) is 0 Å². The van der Waals surface area contributed by atoms with Gasteiger partial charge in [-0.3, -0.25) is 4.90 Å². The summed E-state index contributed by atoms with van der Waals surface area (Å²) in [5.41, 5.74) is 4.29. The predicted molar refractivity (Wildman–Crippen MR) is 102 cm³/mol. The van der Waals surface area contributed by atoms with E-state index in [0.717, 1.165) is 28.4 Å². The summed E-state index contributed by atoms with van der Waals surface area (Å²) in [4.78, 5) is 19.1. The third-order valence-electron chi connectivity index (χ3n) is 4.44. The van der Waals surface area contributed by atoms with Crippen molar-refractivity contribution in [1.29, 1.82) is 0 Å². The Hall–Kier alpha value is -2.66. The Balaban J connectivity index is 1.44. The molecule has 1 N–H and O–H groups in total. The number of rotatable bonds is 3. The van der Waals surface area contributed by atoms with Crippen molar-refractivity contribution in [1.82, 2.24) is 10.3 Å². The number of aromatic nitrogens is 1. The number of carbonyl (C=O) groups is 1. The van der Waals surface area contributed by atoms with Crippen LogP contribution in [0.5, 0.6) is 0 Å². The summed E-state index contributed by atoms with van der Waals surface area (Å²) in [6, 6.07) is 18.3. The molecule has 25 heavy (non-hydrogen) atoms. The zero-order valence-electron chi connectivity index (χ0n) is 14.0. The maximum Gasteiger partial charge on any atom is 0.322 e. The minimum atomic E-state index is -0.0612. The van der Waals surface area contributed by atoms with Crippen LogP contribution >= 0.6 is 11.3 Å². The highest BCUT2D eigenvalue weighted by atomic mass is 32.1. The summed E-state index contributed by atoms with van der Waals surface area (Å²) in [5, 5.41) is 5.95. The van der Waals surface area contributed by atoms with Crippen LogP contribution in [0.2, 0.25) is 0 Å². The number of nitrogens with one attached hydrogen (secondary N) is 1. The smallest absolute Gasteiger partial charge is 0.322 e. The second-order valence-corrected chi connectivity index (χ2v) is 7.15. The number of amides is 2. The molecule has 1 unspecified atom stereocenters. The van der Waals surface area contributed by atoms with Crippen LogP contribution in [0.3, 0.4) is 0 Å². The molecule has 1 aliphatic heterocycles. The number of hydrogen-bond acceptors (Lipinski definition) is 3. The van der Waals surface area contributed by atoms with Gasteiger partial charge in [-0.05, 0) is 25.0 Å². The number of urea groups is 1. The first-order valence-corrected chi connectivity index (χ1v) is 9.25. The Morgan fingerprint density at radius 2 is 1.96 bits per heavy atom. The van der Waals surface area contributed by atoms with Gasteiger partial charge >= 0.3 is 6.03 Å². The standard InChI is InChI=1S/C20H19N3OS/c1-14-11-16-9-5-6-10-18(16)23(14)20(24)21-12-19-22-17(13-25-19)15-7-3-2-4-8-15/h2-10,13-14H,11-12H2,1H3,(H,21,24). The maximum absolute atomic E-state index is 12.7. The van der Waals surface area contributed by atoms with Crippen molar-refractivity contribution in [3.05, 3.63) is 70.5 Å².